The predicted octanol–water partition coefficient (Wildman–Crippen LogP) is 3.90. The summed E-state index contributed by atoms with van der Waals surface area (Å²) in [5.41, 5.74) is 1.37. The molecule has 94 valence electrons. The maximum Gasteiger partial charge on any atom is 0.161 e. The lowest BCUT2D eigenvalue weighted by molar-refractivity contribution is 0.634. The molecule has 1 atom stereocenters. The lowest BCUT2D eigenvalue weighted by atomic mass is 10.2. The van der Waals surface area contributed by atoms with Crippen LogP contribution in [0.4, 0.5) is 5.69 Å². The van der Waals surface area contributed by atoms with Gasteiger partial charge in [-0.05, 0) is 31.0 Å². The van der Waals surface area contributed by atoms with Gasteiger partial charge >= 0.3 is 0 Å². The first-order valence-electron chi connectivity index (χ1n) is 5.90. The molecule has 0 saturated carbocycles. The van der Waals surface area contributed by atoms with Crippen molar-refractivity contribution in [3.05, 3.63) is 28.8 Å². The van der Waals surface area contributed by atoms with Gasteiger partial charge in [0.05, 0.1) is 28.4 Å². The highest BCUT2D eigenvalue weighted by Gasteiger charge is 2.14. The third kappa shape index (κ3) is 3.18. The van der Waals surface area contributed by atoms with Gasteiger partial charge in [-0.3, -0.25) is 4.99 Å². The van der Waals surface area contributed by atoms with Gasteiger partial charge in [-0.25, -0.2) is 0 Å². The first kappa shape index (κ1) is 13.3. The summed E-state index contributed by atoms with van der Waals surface area (Å²) >= 11 is 7.83. The van der Waals surface area contributed by atoms with Crippen LogP contribution in [0.1, 0.15) is 25.3 Å². The number of nitriles is 1. The second-order valence-corrected chi connectivity index (χ2v) is 5.56. The molecule has 2 rings (SSSR count). The Morgan fingerprint density at radius 3 is 3.11 bits per heavy atom. The summed E-state index contributed by atoms with van der Waals surface area (Å²) in [6.07, 6.45) is 2.19. The number of halogens is 1. The summed E-state index contributed by atoms with van der Waals surface area (Å²) in [5, 5.41) is 13.5. The summed E-state index contributed by atoms with van der Waals surface area (Å²) in [4.78, 5) is 4.62. The fourth-order valence-corrected chi connectivity index (χ4v) is 2.94. The molecule has 0 fully saturated rings. The zero-order chi connectivity index (χ0) is 13.0. The van der Waals surface area contributed by atoms with Gasteiger partial charge < -0.3 is 5.32 Å². The molecule has 1 aromatic carbocycles. The predicted molar refractivity (Wildman–Crippen MR) is 78.4 cm³/mol. The Bertz CT molecular complexity index is 507. The van der Waals surface area contributed by atoms with E-state index < -0.39 is 0 Å². The quantitative estimate of drug-likeness (QED) is 0.893. The van der Waals surface area contributed by atoms with E-state index in [-0.39, 0.29) is 0 Å². The van der Waals surface area contributed by atoms with Gasteiger partial charge in [0.2, 0.25) is 0 Å². The normalized spacial score (nSPS) is 18.9. The van der Waals surface area contributed by atoms with Gasteiger partial charge in [-0.1, -0.05) is 30.3 Å². The summed E-state index contributed by atoms with van der Waals surface area (Å²) in [6.45, 7) is 2.15. The minimum Gasteiger partial charge on any atom is -0.334 e. The van der Waals surface area contributed by atoms with E-state index in [2.05, 4.69) is 23.3 Å². The number of thioether (sulfide) groups is 1. The van der Waals surface area contributed by atoms with E-state index in [9.17, 15) is 0 Å². The van der Waals surface area contributed by atoms with E-state index in [0.29, 0.717) is 16.6 Å². The van der Waals surface area contributed by atoms with Crippen LogP contribution >= 0.6 is 23.4 Å². The molecule has 3 nitrogen and oxygen atoms in total. The van der Waals surface area contributed by atoms with Gasteiger partial charge in [-0.2, -0.15) is 5.26 Å². The van der Waals surface area contributed by atoms with Crippen LogP contribution in [0, 0.1) is 11.3 Å². The molecule has 5 heteroatoms. The smallest absolute Gasteiger partial charge is 0.161 e. The molecule has 0 spiro atoms. The zero-order valence-electron chi connectivity index (χ0n) is 10.1. The monoisotopic (exact) mass is 279 g/mol. The Balaban J connectivity index is 2.14. The number of nitrogens with one attached hydrogen (secondary N) is 1. The summed E-state index contributed by atoms with van der Waals surface area (Å²) in [6, 6.07) is 7.71. The molecule has 0 aromatic heterocycles. The van der Waals surface area contributed by atoms with Crippen molar-refractivity contribution < 1.29 is 0 Å². The average molecular weight is 280 g/mol. The molecular weight excluding hydrogens is 266 g/mol. The van der Waals surface area contributed by atoms with Gasteiger partial charge in [0.15, 0.2) is 5.17 Å². The number of rotatable bonds is 2. The third-order valence-corrected chi connectivity index (χ3v) is 4.03. The SMILES string of the molecule is CCC1CCSC(Nc2ccc(C#N)cc2Cl)=N1. The van der Waals surface area contributed by atoms with Crippen molar-refractivity contribution in [2.45, 2.75) is 25.8 Å². The first-order chi connectivity index (χ1) is 8.72. The highest BCUT2D eigenvalue weighted by atomic mass is 35.5. The zero-order valence-corrected chi connectivity index (χ0v) is 11.7. The fraction of sp³-hybridized carbons (Fsp3) is 0.385. The standard InChI is InChI=1S/C13H14ClN3S/c1-2-10-5-6-18-13(16-10)17-12-4-3-9(8-15)7-11(12)14/h3-4,7,10H,2,5-6H2,1H3,(H,16,17). The third-order valence-electron chi connectivity index (χ3n) is 2.80. The average Bonchev–Trinajstić information content (AvgIpc) is 2.41. The molecule has 0 saturated heterocycles. The Morgan fingerprint density at radius 2 is 2.44 bits per heavy atom. The van der Waals surface area contributed by atoms with Crippen molar-refractivity contribution in [3.63, 3.8) is 0 Å². The largest absolute Gasteiger partial charge is 0.334 e. The van der Waals surface area contributed by atoms with E-state index >= 15 is 0 Å². The first-order valence-corrected chi connectivity index (χ1v) is 7.26. The molecule has 1 heterocycles. The Morgan fingerprint density at radius 1 is 1.61 bits per heavy atom. The number of nitrogens with zero attached hydrogens (tertiary/aromatic N) is 2. The lowest BCUT2D eigenvalue weighted by Gasteiger charge is -2.20. The van der Waals surface area contributed by atoms with E-state index in [0.717, 1.165) is 29.4 Å². The maximum atomic E-state index is 8.78. The van der Waals surface area contributed by atoms with Crippen molar-refractivity contribution in [3.8, 4) is 6.07 Å². The number of amidine groups is 1. The van der Waals surface area contributed by atoms with Crippen LogP contribution in [-0.2, 0) is 0 Å². The van der Waals surface area contributed by atoms with Crippen LogP contribution in [0.3, 0.4) is 0 Å². The van der Waals surface area contributed by atoms with E-state index in [1.54, 1.807) is 23.9 Å². The van der Waals surface area contributed by atoms with E-state index in [1.807, 2.05) is 6.07 Å². The van der Waals surface area contributed by atoms with E-state index in [4.69, 9.17) is 16.9 Å². The Hall–Kier alpha value is -1.18. The minimum atomic E-state index is 0.408. The van der Waals surface area contributed by atoms with Crippen LogP contribution in [0.25, 0.3) is 0 Å². The van der Waals surface area contributed by atoms with Crippen LogP contribution in [-0.4, -0.2) is 17.0 Å². The molecule has 0 amide bonds. The van der Waals surface area contributed by atoms with Crippen LogP contribution in [0.5, 0.6) is 0 Å². The maximum absolute atomic E-state index is 8.78. The molecule has 1 aromatic rings. The van der Waals surface area contributed by atoms with Gasteiger partial charge in [0.1, 0.15) is 0 Å². The van der Waals surface area contributed by atoms with Crippen molar-refractivity contribution in [1.29, 1.82) is 5.26 Å². The molecule has 0 aliphatic carbocycles. The highest BCUT2D eigenvalue weighted by Crippen LogP contribution is 2.26. The topological polar surface area (TPSA) is 48.2 Å². The van der Waals surface area contributed by atoms with Gasteiger partial charge in [0.25, 0.3) is 0 Å². The van der Waals surface area contributed by atoms with Crippen LogP contribution in [0.15, 0.2) is 23.2 Å². The van der Waals surface area contributed by atoms with Crippen molar-refractivity contribution in [2.24, 2.45) is 4.99 Å². The Labute approximate surface area is 116 Å². The lowest BCUT2D eigenvalue weighted by Crippen LogP contribution is -2.19. The number of anilines is 1. The van der Waals surface area contributed by atoms with Crippen molar-refractivity contribution >= 4 is 34.2 Å². The second kappa shape index (κ2) is 6.12. The highest BCUT2D eigenvalue weighted by molar-refractivity contribution is 8.14. The molecule has 18 heavy (non-hydrogen) atoms. The Kier molecular flexibility index (Phi) is 4.51. The molecule has 1 aliphatic heterocycles. The molecule has 1 N–H and O–H groups in total. The number of hydrogen-bond donors (Lipinski definition) is 1. The molecule has 1 aliphatic rings. The number of hydrogen-bond acceptors (Lipinski definition) is 4. The van der Waals surface area contributed by atoms with Crippen LogP contribution in [0.2, 0.25) is 5.02 Å². The molecular formula is C13H14ClN3S. The molecule has 0 bridgehead atoms. The summed E-state index contributed by atoms with van der Waals surface area (Å²) < 4.78 is 0. The number of aliphatic imine (C=N–C) groups is 1. The van der Waals surface area contributed by atoms with Crippen molar-refractivity contribution in [2.75, 3.05) is 11.1 Å². The van der Waals surface area contributed by atoms with E-state index in [1.165, 1.54) is 0 Å². The summed E-state index contributed by atoms with van der Waals surface area (Å²) in [5.74, 6) is 1.08. The van der Waals surface area contributed by atoms with Gasteiger partial charge in [-0.15, -0.1) is 0 Å². The van der Waals surface area contributed by atoms with Crippen molar-refractivity contribution in [1.82, 2.24) is 0 Å². The molecule has 1 unspecified atom stereocenters. The van der Waals surface area contributed by atoms with Crippen LogP contribution < -0.4 is 5.32 Å². The molecule has 0 radical (unpaired) electrons. The van der Waals surface area contributed by atoms with Gasteiger partial charge in [0, 0.05) is 5.75 Å². The fourth-order valence-electron chi connectivity index (χ4n) is 1.72. The second-order valence-electron chi connectivity index (χ2n) is 4.06. The summed E-state index contributed by atoms with van der Waals surface area (Å²) in [7, 11) is 0. The minimum absolute atomic E-state index is 0.408. The number of benzene rings is 1.